The van der Waals surface area contributed by atoms with Crippen LogP contribution in [0.15, 0.2) is 241 Å². The minimum absolute atomic E-state index is 0.895. The molecule has 4 heteroatoms. The summed E-state index contributed by atoms with van der Waals surface area (Å²) in [4.78, 5) is 7.37. The first kappa shape index (κ1) is 36.4. The summed E-state index contributed by atoms with van der Waals surface area (Å²) in [5, 5.41) is 4.54. The summed E-state index contributed by atoms with van der Waals surface area (Å²) >= 11 is 0. The van der Waals surface area contributed by atoms with E-state index in [0.29, 0.717) is 0 Å². The van der Waals surface area contributed by atoms with Gasteiger partial charge in [0.2, 0.25) is 0 Å². The number of benzene rings is 9. The molecule has 0 aliphatic heterocycles. The minimum Gasteiger partial charge on any atom is -0.455 e. The highest BCUT2D eigenvalue weighted by Crippen LogP contribution is 2.45. The first-order valence-corrected chi connectivity index (χ1v) is 21.4. The Labute approximate surface area is 365 Å². The SMILES string of the molecule is c1ccc(-c2ccc(N(c3ccc(-c4cccc5c4oc4ccccc45)cc3)c3ccc(-n4c5ccccc5c5cccnc54)c(-c4ccccc4-c4ccccc4)c3)cc2)cc1. The first-order valence-electron chi connectivity index (χ1n) is 21.4. The molecule has 296 valence electrons. The highest BCUT2D eigenvalue weighted by Gasteiger charge is 2.22. The number of nitrogens with zero attached hydrogens (tertiary/aromatic N) is 3. The quantitative estimate of drug-likeness (QED) is 0.153. The van der Waals surface area contributed by atoms with Crippen LogP contribution in [0.4, 0.5) is 17.1 Å². The van der Waals surface area contributed by atoms with Crippen molar-refractivity contribution in [3.05, 3.63) is 237 Å². The van der Waals surface area contributed by atoms with E-state index in [-0.39, 0.29) is 0 Å². The lowest BCUT2D eigenvalue weighted by atomic mass is 9.93. The largest absolute Gasteiger partial charge is 0.455 e. The number of anilines is 3. The second-order valence-corrected chi connectivity index (χ2v) is 15.9. The number of aromatic nitrogens is 2. The molecule has 0 saturated carbocycles. The summed E-state index contributed by atoms with van der Waals surface area (Å²) in [5.41, 5.74) is 17.1. The molecule has 12 rings (SSSR count). The second kappa shape index (κ2) is 15.2. The molecule has 3 heterocycles. The molecule has 3 aromatic heterocycles. The van der Waals surface area contributed by atoms with E-state index in [9.17, 15) is 0 Å². The Hall–Kier alpha value is -8.47. The molecule has 0 saturated heterocycles. The van der Waals surface area contributed by atoms with Gasteiger partial charge in [-0.25, -0.2) is 4.98 Å². The fourth-order valence-electron chi connectivity index (χ4n) is 9.35. The number of hydrogen-bond donors (Lipinski definition) is 0. The van der Waals surface area contributed by atoms with Crippen LogP contribution in [-0.4, -0.2) is 9.55 Å². The van der Waals surface area contributed by atoms with Crippen LogP contribution >= 0.6 is 0 Å². The average molecular weight is 806 g/mol. The molecule has 0 atom stereocenters. The number of furan rings is 1. The first-order chi connectivity index (χ1) is 31.3. The van der Waals surface area contributed by atoms with Crippen LogP contribution in [0, 0.1) is 0 Å². The lowest BCUT2D eigenvalue weighted by Gasteiger charge is -2.28. The Morgan fingerprint density at radius 1 is 0.365 bits per heavy atom. The van der Waals surface area contributed by atoms with Crippen molar-refractivity contribution >= 4 is 60.9 Å². The van der Waals surface area contributed by atoms with E-state index in [4.69, 9.17) is 9.40 Å². The molecule has 0 N–H and O–H groups in total. The molecule has 0 fully saturated rings. The molecular weight excluding hydrogens is 767 g/mol. The third-order valence-corrected chi connectivity index (χ3v) is 12.3. The lowest BCUT2D eigenvalue weighted by molar-refractivity contribution is 0.670. The molecule has 4 nitrogen and oxygen atoms in total. The third kappa shape index (κ3) is 6.27. The fraction of sp³-hybridized carbons (Fsp3) is 0. The Kier molecular flexibility index (Phi) is 8.79. The van der Waals surface area contributed by atoms with Gasteiger partial charge in [0.15, 0.2) is 0 Å². The summed E-state index contributed by atoms with van der Waals surface area (Å²) in [5.74, 6) is 0. The normalized spacial score (nSPS) is 11.5. The minimum atomic E-state index is 0.895. The molecule has 0 bridgehead atoms. The summed E-state index contributed by atoms with van der Waals surface area (Å²) < 4.78 is 8.81. The summed E-state index contributed by atoms with van der Waals surface area (Å²) in [6, 6.07) is 82.2. The monoisotopic (exact) mass is 805 g/mol. The van der Waals surface area contributed by atoms with E-state index in [1.54, 1.807) is 0 Å². The van der Waals surface area contributed by atoms with E-state index < -0.39 is 0 Å². The van der Waals surface area contributed by atoms with Crippen molar-refractivity contribution in [1.29, 1.82) is 0 Å². The Balaban J connectivity index is 1.07. The molecule has 0 unspecified atom stereocenters. The van der Waals surface area contributed by atoms with E-state index >= 15 is 0 Å². The number of rotatable bonds is 8. The van der Waals surface area contributed by atoms with Gasteiger partial charge in [0.1, 0.15) is 16.8 Å². The smallest absolute Gasteiger partial charge is 0.145 e. The predicted octanol–water partition coefficient (Wildman–Crippen LogP) is 16.2. The van der Waals surface area contributed by atoms with Gasteiger partial charge in [0.25, 0.3) is 0 Å². The van der Waals surface area contributed by atoms with E-state index in [1.165, 1.54) is 16.5 Å². The zero-order valence-electron chi connectivity index (χ0n) is 34.3. The molecule has 0 aliphatic carbocycles. The van der Waals surface area contributed by atoms with E-state index in [2.05, 4.69) is 222 Å². The summed E-state index contributed by atoms with van der Waals surface area (Å²) in [6.07, 6.45) is 1.89. The number of hydrogen-bond acceptors (Lipinski definition) is 3. The highest BCUT2D eigenvalue weighted by atomic mass is 16.3. The van der Waals surface area contributed by atoms with Crippen molar-refractivity contribution < 1.29 is 4.42 Å². The predicted molar refractivity (Wildman–Crippen MR) is 262 cm³/mol. The standard InChI is InChI=1S/C59H39N3O/c1-3-15-40(16-4-1)41-28-32-44(33-29-41)61(45-34-30-43(31-35-45)48-23-13-24-52-51-22-10-12-27-57(51)63-58(48)52)46-36-37-56(62-55-26-11-9-21-50(55)53-25-14-38-60-59(53)62)54(39-46)49-20-8-7-19-47(49)42-17-5-2-6-18-42/h1-39H. The van der Waals surface area contributed by atoms with Crippen LogP contribution in [0.5, 0.6) is 0 Å². The summed E-state index contributed by atoms with van der Waals surface area (Å²) in [7, 11) is 0. The van der Waals surface area contributed by atoms with Gasteiger partial charge in [-0.2, -0.15) is 0 Å². The number of pyridine rings is 1. The molecule has 12 aromatic rings. The highest BCUT2D eigenvalue weighted by molar-refractivity contribution is 6.10. The number of fused-ring (bicyclic) bond motifs is 6. The van der Waals surface area contributed by atoms with Gasteiger partial charge in [-0.1, -0.05) is 164 Å². The molecule has 0 amide bonds. The summed E-state index contributed by atoms with van der Waals surface area (Å²) in [6.45, 7) is 0. The van der Waals surface area contributed by atoms with Crippen LogP contribution in [0.2, 0.25) is 0 Å². The maximum Gasteiger partial charge on any atom is 0.145 e. The van der Waals surface area contributed by atoms with Crippen molar-refractivity contribution in [2.75, 3.05) is 4.90 Å². The van der Waals surface area contributed by atoms with Crippen LogP contribution < -0.4 is 4.90 Å². The molecule has 0 spiro atoms. The average Bonchev–Trinajstić information content (AvgIpc) is 3.91. The van der Waals surface area contributed by atoms with Crippen LogP contribution in [0.25, 0.3) is 94.1 Å². The zero-order valence-corrected chi connectivity index (χ0v) is 34.3. The maximum absolute atomic E-state index is 6.48. The van der Waals surface area contributed by atoms with Crippen molar-refractivity contribution in [3.8, 4) is 50.2 Å². The molecular formula is C59H39N3O. The van der Waals surface area contributed by atoms with Gasteiger partial charge in [0, 0.05) is 55.9 Å². The van der Waals surface area contributed by atoms with Gasteiger partial charge >= 0.3 is 0 Å². The fourth-order valence-corrected chi connectivity index (χ4v) is 9.35. The Morgan fingerprint density at radius 2 is 0.921 bits per heavy atom. The topological polar surface area (TPSA) is 34.2 Å². The second-order valence-electron chi connectivity index (χ2n) is 15.9. The van der Waals surface area contributed by atoms with Crippen molar-refractivity contribution in [1.82, 2.24) is 9.55 Å². The van der Waals surface area contributed by atoms with Crippen molar-refractivity contribution in [2.24, 2.45) is 0 Å². The third-order valence-electron chi connectivity index (χ3n) is 12.3. The van der Waals surface area contributed by atoms with Gasteiger partial charge in [-0.3, -0.25) is 4.57 Å². The number of para-hydroxylation sites is 3. The maximum atomic E-state index is 6.48. The van der Waals surface area contributed by atoms with Crippen LogP contribution in [0.3, 0.4) is 0 Å². The molecule has 63 heavy (non-hydrogen) atoms. The molecule has 9 aromatic carbocycles. The lowest BCUT2D eigenvalue weighted by Crippen LogP contribution is -2.11. The Morgan fingerprint density at radius 3 is 1.70 bits per heavy atom. The van der Waals surface area contributed by atoms with Gasteiger partial charge in [-0.15, -0.1) is 0 Å². The van der Waals surface area contributed by atoms with E-state index in [1.807, 2.05) is 24.4 Å². The molecule has 0 aliphatic rings. The zero-order chi connectivity index (χ0) is 41.7. The van der Waals surface area contributed by atoms with Gasteiger partial charge in [-0.05, 0) is 100 Å². The molecule has 0 radical (unpaired) electrons. The van der Waals surface area contributed by atoms with Gasteiger partial charge < -0.3 is 9.32 Å². The van der Waals surface area contributed by atoms with Crippen molar-refractivity contribution in [2.45, 2.75) is 0 Å². The van der Waals surface area contributed by atoms with Crippen LogP contribution in [-0.2, 0) is 0 Å². The Bertz CT molecular complexity index is 3550. The van der Waals surface area contributed by atoms with Crippen molar-refractivity contribution in [3.63, 3.8) is 0 Å². The van der Waals surface area contributed by atoms with E-state index in [0.717, 1.165) is 94.6 Å². The van der Waals surface area contributed by atoms with Gasteiger partial charge in [0.05, 0.1) is 11.2 Å². The van der Waals surface area contributed by atoms with Crippen LogP contribution in [0.1, 0.15) is 0 Å².